The molecule has 1 aromatic heterocycles. The number of carbonyl (C=O) groups is 1. The van der Waals surface area contributed by atoms with E-state index < -0.39 is 0 Å². The number of hydrogen-bond acceptors (Lipinski definition) is 4. The number of anilines is 2. The Morgan fingerprint density at radius 2 is 1.69 bits per heavy atom. The minimum absolute atomic E-state index is 0.151. The highest BCUT2D eigenvalue weighted by Crippen LogP contribution is 2.12. The Bertz CT molecular complexity index is 879. The molecule has 1 heterocycles. The fourth-order valence-corrected chi connectivity index (χ4v) is 2.61. The second-order valence-corrected chi connectivity index (χ2v) is 6.43. The van der Waals surface area contributed by atoms with Gasteiger partial charge in [-0.2, -0.15) is 0 Å². The second kappa shape index (κ2) is 8.45. The van der Waals surface area contributed by atoms with Gasteiger partial charge >= 0.3 is 0 Å². The maximum atomic E-state index is 12.1. The molecule has 0 atom stereocenters. The van der Waals surface area contributed by atoms with E-state index in [-0.39, 0.29) is 12.3 Å². The van der Waals surface area contributed by atoms with Crippen molar-refractivity contribution < 1.29 is 4.79 Å². The molecule has 0 saturated heterocycles. The third kappa shape index (κ3) is 5.29. The van der Waals surface area contributed by atoms with Gasteiger partial charge in [0.25, 0.3) is 0 Å². The summed E-state index contributed by atoms with van der Waals surface area (Å²) in [5.74, 6) is 0.925. The zero-order valence-electron chi connectivity index (χ0n) is 14.4. The molecule has 0 fully saturated rings. The number of aryl methyl sites for hydroxylation is 1. The molecule has 0 aliphatic rings. The van der Waals surface area contributed by atoms with E-state index in [2.05, 4.69) is 46.0 Å². The zero-order valence-corrected chi connectivity index (χ0v) is 15.1. The summed E-state index contributed by atoms with van der Waals surface area (Å²) in [6.45, 7) is 2.73. The number of benzene rings is 2. The number of amides is 1. The lowest BCUT2D eigenvalue weighted by Gasteiger charge is -2.07. The van der Waals surface area contributed by atoms with Crippen molar-refractivity contribution in [1.82, 2.24) is 10.2 Å². The van der Waals surface area contributed by atoms with Crippen LogP contribution in [0, 0.1) is 6.92 Å². The molecule has 132 valence electrons. The van der Waals surface area contributed by atoms with Crippen LogP contribution >= 0.6 is 11.6 Å². The Hall–Kier alpha value is -2.92. The van der Waals surface area contributed by atoms with E-state index in [0.29, 0.717) is 23.2 Å². The molecule has 3 aromatic rings. The van der Waals surface area contributed by atoms with Gasteiger partial charge in [-0.15, -0.1) is 10.2 Å². The van der Waals surface area contributed by atoms with Crippen molar-refractivity contribution in [2.45, 2.75) is 19.9 Å². The van der Waals surface area contributed by atoms with Crippen LogP contribution in [0.15, 0.2) is 60.7 Å². The summed E-state index contributed by atoms with van der Waals surface area (Å²) in [6.07, 6.45) is 0.256. The van der Waals surface area contributed by atoms with Crippen LogP contribution in [0.5, 0.6) is 0 Å². The van der Waals surface area contributed by atoms with Gasteiger partial charge in [0.15, 0.2) is 5.82 Å². The summed E-state index contributed by atoms with van der Waals surface area (Å²) in [4.78, 5) is 12.1. The van der Waals surface area contributed by atoms with Crippen LogP contribution in [0.25, 0.3) is 0 Å². The summed E-state index contributed by atoms with van der Waals surface area (Å²) in [5.41, 5.74) is 3.28. The number of halogens is 1. The molecular formula is C20H19ClN4O. The first-order valence-corrected chi connectivity index (χ1v) is 8.64. The standard InChI is InChI=1S/C20H19ClN4O/c1-14-3-2-4-16(11-14)13-22-18-9-10-19(25-24-18)23-20(26)12-15-5-7-17(21)8-6-15/h2-11H,12-13H2,1H3,(H,22,24)(H,23,25,26). The lowest BCUT2D eigenvalue weighted by atomic mass is 10.1. The predicted molar refractivity (Wildman–Crippen MR) is 104 cm³/mol. The molecular weight excluding hydrogens is 348 g/mol. The number of nitrogens with one attached hydrogen (secondary N) is 2. The molecule has 0 aliphatic carbocycles. The smallest absolute Gasteiger partial charge is 0.229 e. The average Bonchev–Trinajstić information content (AvgIpc) is 2.63. The fraction of sp³-hybridized carbons (Fsp3) is 0.150. The Morgan fingerprint density at radius 3 is 2.38 bits per heavy atom. The Kier molecular flexibility index (Phi) is 5.81. The van der Waals surface area contributed by atoms with Gasteiger partial charge in [-0.1, -0.05) is 53.6 Å². The Labute approximate surface area is 157 Å². The molecule has 26 heavy (non-hydrogen) atoms. The summed E-state index contributed by atoms with van der Waals surface area (Å²) >= 11 is 5.84. The lowest BCUT2D eigenvalue weighted by Crippen LogP contribution is -2.15. The first-order valence-electron chi connectivity index (χ1n) is 8.26. The first kappa shape index (κ1) is 17.9. The highest BCUT2D eigenvalue weighted by Gasteiger charge is 2.06. The molecule has 0 saturated carbocycles. The van der Waals surface area contributed by atoms with Gasteiger partial charge < -0.3 is 10.6 Å². The van der Waals surface area contributed by atoms with Crippen LogP contribution in [0.2, 0.25) is 5.02 Å². The first-order chi connectivity index (χ1) is 12.6. The van der Waals surface area contributed by atoms with Crippen LogP contribution in [-0.4, -0.2) is 16.1 Å². The Morgan fingerprint density at radius 1 is 0.962 bits per heavy atom. The fourth-order valence-electron chi connectivity index (χ4n) is 2.48. The highest BCUT2D eigenvalue weighted by atomic mass is 35.5. The van der Waals surface area contributed by atoms with Gasteiger partial charge in [0, 0.05) is 11.6 Å². The molecule has 2 aromatic carbocycles. The van der Waals surface area contributed by atoms with Crippen molar-refractivity contribution in [1.29, 1.82) is 0 Å². The van der Waals surface area contributed by atoms with Crippen molar-refractivity contribution in [2.24, 2.45) is 0 Å². The lowest BCUT2D eigenvalue weighted by molar-refractivity contribution is -0.115. The third-order valence-corrected chi connectivity index (χ3v) is 4.02. The van der Waals surface area contributed by atoms with Gasteiger partial charge in [0.1, 0.15) is 5.82 Å². The average molecular weight is 367 g/mol. The monoisotopic (exact) mass is 366 g/mol. The van der Waals surface area contributed by atoms with Crippen molar-refractivity contribution in [3.8, 4) is 0 Å². The van der Waals surface area contributed by atoms with Crippen LogP contribution in [0.1, 0.15) is 16.7 Å². The molecule has 0 bridgehead atoms. The minimum Gasteiger partial charge on any atom is -0.365 e. The maximum Gasteiger partial charge on any atom is 0.229 e. The molecule has 1 amide bonds. The molecule has 0 spiro atoms. The quantitative estimate of drug-likeness (QED) is 0.685. The van der Waals surface area contributed by atoms with Gasteiger partial charge in [0.2, 0.25) is 5.91 Å². The largest absolute Gasteiger partial charge is 0.365 e. The van der Waals surface area contributed by atoms with Gasteiger partial charge in [-0.25, -0.2) is 0 Å². The van der Waals surface area contributed by atoms with E-state index in [1.54, 1.807) is 24.3 Å². The SMILES string of the molecule is Cc1cccc(CNc2ccc(NC(=O)Cc3ccc(Cl)cc3)nn2)c1. The van der Waals surface area contributed by atoms with Crippen LogP contribution in [-0.2, 0) is 17.8 Å². The number of nitrogens with zero attached hydrogens (tertiary/aromatic N) is 2. The van der Waals surface area contributed by atoms with E-state index in [4.69, 9.17) is 11.6 Å². The predicted octanol–water partition coefficient (Wildman–Crippen LogP) is 4.23. The number of aromatic nitrogens is 2. The topological polar surface area (TPSA) is 66.9 Å². The number of rotatable bonds is 6. The summed E-state index contributed by atoms with van der Waals surface area (Å²) in [5, 5.41) is 14.7. The van der Waals surface area contributed by atoms with Gasteiger partial charge in [-0.05, 0) is 42.3 Å². The molecule has 6 heteroatoms. The van der Waals surface area contributed by atoms with Crippen LogP contribution in [0.3, 0.4) is 0 Å². The van der Waals surface area contributed by atoms with Gasteiger partial charge in [0.05, 0.1) is 6.42 Å². The van der Waals surface area contributed by atoms with E-state index >= 15 is 0 Å². The van der Waals surface area contributed by atoms with Crippen LogP contribution < -0.4 is 10.6 Å². The van der Waals surface area contributed by atoms with Crippen molar-refractivity contribution in [3.63, 3.8) is 0 Å². The minimum atomic E-state index is -0.151. The Balaban J connectivity index is 1.52. The summed E-state index contributed by atoms with van der Waals surface area (Å²) in [7, 11) is 0. The summed E-state index contributed by atoms with van der Waals surface area (Å²) in [6, 6.07) is 19.0. The maximum absolute atomic E-state index is 12.1. The van der Waals surface area contributed by atoms with Gasteiger partial charge in [-0.3, -0.25) is 4.79 Å². The molecule has 3 rings (SSSR count). The van der Waals surface area contributed by atoms with E-state index in [1.807, 2.05) is 18.2 Å². The van der Waals surface area contributed by atoms with Crippen LogP contribution in [0.4, 0.5) is 11.6 Å². The van der Waals surface area contributed by atoms with E-state index in [9.17, 15) is 4.79 Å². The molecule has 2 N–H and O–H groups in total. The second-order valence-electron chi connectivity index (χ2n) is 6.00. The zero-order chi connectivity index (χ0) is 18.4. The number of carbonyl (C=O) groups excluding carboxylic acids is 1. The van der Waals surface area contributed by atoms with Crippen molar-refractivity contribution in [2.75, 3.05) is 10.6 Å². The molecule has 0 radical (unpaired) electrons. The third-order valence-electron chi connectivity index (χ3n) is 3.77. The number of hydrogen-bond donors (Lipinski definition) is 2. The summed E-state index contributed by atoms with van der Waals surface area (Å²) < 4.78 is 0. The molecule has 0 aliphatic heterocycles. The highest BCUT2D eigenvalue weighted by molar-refractivity contribution is 6.30. The van der Waals surface area contributed by atoms with Crippen molar-refractivity contribution >= 4 is 29.1 Å². The molecule has 0 unspecified atom stereocenters. The van der Waals surface area contributed by atoms with E-state index in [1.165, 1.54) is 11.1 Å². The normalized spacial score (nSPS) is 10.4. The van der Waals surface area contributed by atoms with E-state index in [0.717, 1.165) is 5.56 Å². The molecule has 5 nitrogen and oxygen atoms in total. The van der Waals surface area contributed by atoms with Crippen molar-refractivity contribution in [3.05, 3.63) is 82.4 Å².